The first kappa shape index (κ1) is 17.6. The molecule has 1 aliphatic carbocycles. The maximum atomic E-state index is 12.6. The van der Waals surface area contributed by atoms with Crippen LogP contribution in [0.5, 0.6) is 5.75 Å². The van der Waals surface area contributed by atoms with Crippen LogP contribution in [-0.4, -0.2) is 35.4 Å². The second kappa shape index (κ2) is 7.68. The lowest BCUT2D eigenvalue weighted by Gasteiger charge is -2.32. The lowest BCUT2D eigenvalue weighted by Crippen LogP contribution is -2.45. The number of halogens is 1. The van der Waals surface area contributed by atoms with Gasteiger partial charge in [0.25, 0.3) is 11.8 Å². The van der Waals surface area contributed by atoms with Crippen molar-refractivity contribution >= 4 is 23.4 Å². The highest BCUT2D eigenvalue weighted by molar-refractivity contribution is 6.31. The maximum Gasteiger partial charge on any atom is 0.260 e. The van der Waals surface area contributed by atoms with E-state index in [2.05, 4.69) is 0 Å². The van der Waals surface area contributed by atoms with E-state index in [1.54, 1.807) is 12.1 Å². The van der Waals surface area contributed by atoms with Crippen LogP contribution in [0.25, 0.3) is 0 Å². The highest BCUT2D eigenvalue weighted by atomic mass is 35.5. The van der Waals surface area contributed by atoms with E-state index in [4.69, 9.17) is 22.1 Å². The summed E-state index contributed by atoms with van der Waals surface area (Å²) in [6.45, 7) is 3.90. The Balaban J connectivity index is 2.07. The van der Waals surface area contributed by atoms with Crippen LogP contribution in [0.4, 0.5) is 0 Å². The Morgan fingerprint density at radius 3 is 2.57 bits per heavy atom. The van der Waals surface area contributed by atoms with Crippen LogP contribution in [0.15, 0.2) is 18.2 Å². The van der Waals surface area contributed by atoms with Crippen molar-refractivity contribution in [3.63, 3.8) is 0 Å². The zero-order valence-corrected chi connectivity index (χ0v) is 14.3. The standard InChI is InChI=1S/C17H23ClN2O3/c1-11(2)20(13-5-3-4-6-13)16(21)10-23-15-8-7-12(18)9-14(15)17(19)22/h7-9,11,13H,3-6,10H2,1-2H3,(H2,19,22). The smallest absolute Gasteiger partial charge is 0.260 e. The summed E-state index contributed by atoms with van der Waals surface area (Å²) < 4.78 is 5.56. The number of ether oxygens (including phenoxy) is 1. The van der Waals surface area contributed by atoms with Crippen LogP contribution in [0.3, 0.4) is 0 Å². The second-order valence-electron chi connectivity index (χ2n) is 6.13. The van der Waals surface area contributed by atoms with Crippen LogP contribution in [0.1, 0.15) is 49.9 Å². The molecule has 5 nitrogen and oxygen atoms in total. The first-order chi connectivity index (χ1) is 10.9. The number of amides is 2. The van der Waals surface area contributed by atoms with Gasteiger partial charge in [-0.3, -0.25) is 9.59 Å². The van der Waals surface area contributed by atoms with E-state index in [9.17, 15) is 9.59 Å². The second-order valence-corrected chi connectivity index (χ2v) is 6.56. The van der Waals surface area contributed by atoms with Crippen molar-refractivity contribution in [2.24, 2.45) is 5.73 Å². The number of carbonyl (C=O) groups is 2. The molecule has 0 atom stereocenters. The van der Waals surface area contributed by atoms with Crippen molar-refractivity contribution in [2.75, 3.05) is 6.61 Å². The van der Waals surface area contributed by atoms with Crippen LogP contribution in [0, 0.1) is 0 Å². The van der Waals surface area contributed by atoms with Gasteiger partial charge in [0.2, 0.25) is 0 Å². The van der Waals surface area contributed by atoms with Gasteiger partial charge < -0.3 is 15.4 Å². The van der Waals surface area contributed by atoms with Gasteiger partial charge in [-0.15, -0.1) is 0 Å². The average Bonchev–Trinajstić information content (AvgIpc) is 2.99. The Kier molecular flexibility index (Phi) is 5.88. The number of nitrogens with two attached hydrogens (primary N) is 1. The average molecular weight is 339 g/mol. The van der Waals surface area contributed by atoms with E-state index in [0.717, 1.165) is 25.7 Å². The molecule has 0 bridgehead atoms. The SMILES string of the molecule is CC(C)N(C(=O)COc1ccc(Cl)cc1C(N)=O)C1CCCC1. The lowest BCUT2D eigenvalue weighted by atomic mass is 10.1. The van der Waals surface area contributed by atoms with Gasteiger partial charge in [0, 0.05) is 17.1 Å². The number of benzene rings is 1. The number of hydrogen-bond acceptors (Lipinski definition) is 3. The molecule has 0 unspecified atom stereocenters. The van der Waals surface area contributed by atoms with E-state index >= 15 is 0 Å². The lowest BCUT2D eigenvalue weighted by molar-refractivity contribution is -0.137. The molecule has 1 fully saturated rings. The number of nitrogens with zero attached hydrogens (tertiary/aromatic N) is 1. The van der Waals surface area contributed by atoms with Crippen molar-refractivity contribution in [3.8, 4) is 5.75 Å². The summed E-state index contributed by atoms with van der Waals surface area (Å²) in [5.41, 5.74) is 5.51. The third kappa shape index (κ3) is 4.38. The fourth-order valence-electron chi connectivity index (χ4n) is 3.13. The van der Waals surface area contributed by atoms with Gasteiger partial charge in [-0.05, 0) is 44.9 Å². The third-order valence-electron chi connectivity index (χ3n) is 4.12. The minimum atomic E-state index is -0.633. The molecule has 0 aromatic heterocycles. The summed E-state index contributed by atoms with van der Waals surface area (Å²) >= 11 is 5.86. The number of rotatable bonds is 6. The van der Waals surface area contributed by atoms with E-state index in [-0.39, 0.29) is 35.9 Å². The Labute approximate surface area is 141 Å². The minimum absolute atomic E-state index is 0.0720. The first-order valence-electron chi connectivity index (χ1n) is 7.93. The van der Waals surface area contributed by atoms with E-state index < -0.39 is 5.91 Å². The Bertz CT molecular complexity index is 583. The highest BCUT2D eigenvalue weighted by Crippen LogP contribution is 2.26. The topological polar surface area (TPSA) is 72.6 Å². The third-order valence-corrected chi connectivity index (χ3v) is 4.36. The zero-order chi connectivity index (χ0) is 17.0. The molecule has 1 aromatic rings. The number of primary amides is 1. The highest BCUT2D eigenvalue weighted by Gasteiger charge is 2.29. The summed E-state index contributed by atoms with van der Waals surface area (Å²) in [6.07, 6.45) is 4.39. The molecule has 0 aliphatic heterocycles. The maximum absolute atomic E-state index is 12.6. The molecule has 2 amide bonds. The van der Waals surface area contributed by atoms with Crippen molar-refractivity contribution in [2.45, 2.75) is 51.6 Å². The van der Waals surface area contributed by atoms with Crippen molar-refractivity contribution in [1.29, 1.82) is 0 Å². The quantitative estimate of drug-likeness (QED) is 0.866. The van der Waals surface area contributed by atoms with Gasteiger partial charge in [-0.25, -0.2) is 0 Å². The van der Waals surface area contributed by atoms with E-state index in [0.29, 0.717) is 5.02 Å². The summed E-state index contributed by atoms with van der Waals surface area (Å²) in [5, 5.41) is 0.396. The monoisotopic (exact) mass is 338 g/mol. The summed E-state index contributed by atoms with van der Waals surface area (Å²) in [4.78, 5) is 25.9. The molecule has 0 saturated heterocycles. The fraction of sp³-hybridized carbons (Fsp3) is 0.529. The van der Waals surface area contributed by atoms with Crippen molar-refractivity contribution < 1.29 is 14.3 Å². The predicted molar refractivity (Wildman–Crippen MR) is 89.7 cm³/mol. The van der Waals surface area contributed by atoms with E-state index in [1.165, 1.54) is 6.07 Å². The predicted octanol–water partition coefficient (Wildman–Crippen LogP) is 3.00. The van der Waals surface area contributed by atoms with Gasteiger partial charge in [0.15, 0.2) is 6.61 Å². The normalized spacial score (nSPS) is 15.0. The molecule has 1 aromatic carbocycles. The largest absolute Gasteiger partial charge is 0.483 e. The zero-order valence-electron chi connectivity index (χ0n) is 13.5. The summed E-state index contributed by atoms with van der Waals surface area (Å²) in [5.74, 6) is -0.422. The molecular formula is C17H23ClN2O3. The Hall–Kier alpha value is -1.75. The molecule has 0 heterocycles. The molecule has 2 N–H and O–H groups in total. The molecule has 2 rings (SSSR count). The molecule has 1 aliphatic rings. The molecular weight excluding hydrogens is 316 g/mol. The molecule has 126 valence electrons. The molecule has 1 saturated carbocycles. The summed E-state index contributed by atoms with van der Waals surface area (Å²) in [6, 6.07) is 5.01. The molecule has 0 radical (unpaired) electrons. The van der Waals surface area contributed by atoms with Crippen LogP contribution in [-0.2, 0) is 4.79 Å². The minimum Gasteiger partial charge on any atom is -0.483 e. The van der Waals surface area contributed by atoms with Crippen LogP contribution >= 0.6 is 11.6 Å². The van der Waals surface area contributed by atoms with Gasteiger partial charge in [-0.1, -0.05) is 24.4 Å². The van der Waals surface area contributed by atoms with Crippen molar-refractivity contribution in [3.05, 3.63) is 28.8 Å². The van der Waals surface area contributed by atoms with Crippen LogP contribution in [0.2, 0.25) is 5.02 Å². The Morgan fingerprint density at radius 2 is 2.00 bits per heavy atom. The molecule has 0 spiro atoms. The Morgan fingerprint density at radius 1 is 1.35 bits per heavy atom. The molecule has 6 heteroatoms. The van der Waals surface area contributed by atoms with Gasteiger partial charge in [-0.2, -0.15) is 0 Å². The van der Waals surface area contributed by atoms with Gasteiger partial charge in [0.05, 0.1) is 5.56 Å². The molecule has 23 heavy (non-hydrogen) atoms. The summed E-state index contributed by atoms with van der Waals surface area (Å²) in [7, 11) is 0. The van der Waals surface area contributed by atoms with Gasteiger partial charge >= 0.3 is 0 Å². The fourth-order valence-corrected chi connectivity index (χ4v) is 3.30. The number of hydrogen-bond donors (Lipinski definition) is 1. The van der Waals surface area contributed by atoms with Crippen molar-refractivity contribution in [1.82, 2.24) is 4.90 Å². The van der Waals surface area contributed by atoms with Gasteiger partial charge in [0.1, 0.15) is 5.75 Å². The first-order valence-corrected chi connectivity index (χ1v) is 8.31. The number of carbonyl (C=O) groups excluding carboxylic acids is 2. The van der Waals surface area contributed by atoms with Crippen LogP contribution < -0.4 is 10.5 Å². The van der Waals surface area contributed by atoms with E-state index in [1.807, 2.05) is 18.7 Å².